The number of carbonyl (C=O) groups is 2. The fourth-order valence-electron chi connectivity index (χ4n) is 3.43. The number of benzene rings is 1. The Morgan fingerprint density at radius 1 is 1.21 bits per heavy atom. The summed E-state index contributed by atoms with van der Waals surface area (Å²) in [5.74, 6) is -1.63. The van der Waals surface area contributed by atoms with Crippen LogP contribution in [-0.4, -0.2) is 26.6 Å². The van der Waals surface area contributed by atoms with Crippen molar-refractivity contribution in [2.75, 3.05) is 5.32 Å². The molecule has 0 unspecified atom stereocenters. The molecular weight excluding hydrogens is 479 g/mol. The molecule has 0 atom stereocenters. The van der Waals surface area contributed by atoms with E-state index in [-0.39, 0.29) is 37.1 Å². The first-order valence-corrected chi connectivity index (χ1v) is 10.6. The summed E-state index contributed by atoms with van der Waals surface area (Å²) in [4.78, 5) is 28.7. The smallest absolute Gasteiger partial charge is 0.365 e. The summed E-state index contributed by atoms with van der Waals surface area (Å²) < 4.78 is 41.9. The third-order valence-electron chi connectivity index (χ3n) is 4.86. The standard InChI is InChI=1S/C21H15ClF3N5O2S/c1-9-14(22)16(30(2)29-9)19(32)28-15-13-11(10-6-4-3-5-7-10)8-12(21(23,24)25)27-20(13)33-17(15)18(26)31/h3-8H,1-2H3,(H2,26,31)(H,28,32). The minimum Gasteiger partial charge on any atom is -0.365 e. The molecule has 3 aromatic heterocycles. The van der Waals surface area contributed by atoms with E-state index in [2.05, 4.69) is 15.4 Å². The fraction of sp³-hybridized carbons (Fsp3) is 0.143. The number of carbonyl (C=O) groups excluding carboxylic acids is 2. The first-order chi connectivity index (χ1) is 15.5. The van der Waals surface area contributed by atoms with E-state index in [4.69, 9.17) is 17.3 Å². The topological polar surface area (TPSA) is 103 Å². The molecule has 4 rings (SSSR count). The number of aryl methyl sites for hydroxylation is 2. The first kappa shape index (κ1) is 22.7. The molecule has 0 spiro atoms. The Bertz CT molecular complexity index is 1410. The minimum atomic E-state index is -4.72. The van der Waals surface area contributed by atoms with Crippen molar-refractivity contribution in [1.82, 2.24) is 14.8 Å². The fourth-order valence-corrected chi connectivity index (χ4v) is 4.69. The lowest BCUT2D eigenvalue weighted by atomic mass is 10.0. The highest BCUT2D eigenvalue weighted by molar-refractivity contribution is 7.21. The lowest BCUT2D eigenvalue weighted by molar-refractivity contribution is -0.140. The summed E-state index contributed by atoms with van der Waals surface area (Å²) in [5, 5.41) is 6.95. The van der Waals surface area contributed by atoms with E-state index in [9.17, 15) is 22.8 Å². The Labute approximate surface area is 194 Å². The highest BCUT2D eigenvalue weighted by atomic mass is 35.5. The molecule has 3 N–H and O–H groups in total. The van der Waals surface area contributed by atoms with Crippen molar-refractivity contribution in [2.24, 2.45) is 12.8 Å². The number of nitrogens with zero attached hydrogens (tertiary/aromatic N) is 3. The number of nitrogens with two attached hydrogens (primary N) is 1. The number of alkyl halides is 3. The van der Waals surface area contributed by atoms with Gasteiger partial charge in [-0.2, -0.15) is 18.3 Å². The average Bonchev–Trinajstić information content (AvgIpc) is 3.23. The van der Waals surface area contributed by atoms with Gasteiger partial charge in [0.2, 0.25) is 0 Å². The highest BCUT2D eigenvalue weighted by Gasteiger charge is 2.35. The van der Waals surface area contributed by atoms with Crippen molar-refractivity contribution in [1.29, 1.82) is 0 Å². The Balaban J connectivity index is 2.00. The van der Waals surface area contributed by atoms with Gasteiger partial charge in [-0.15, -0.1) is 11.3 Å². The van der Waals surface area contributed by atoms with Gasteiger partial charge < -0.3 is 11.1 Å². The zero-order valence-electron chi connectivity index (χ0n) is 17.1. The summed E-state index contributed by atoms with van der Waals surface area (Å²) in [6.07, 6.45) is -4.72. The van der Waals surface area contributed by atoms with Gasteiger partial charge in [-0.05, 0) is 24.1 Å². The van der Waals surface area contributed by atoms with Gasteiger partial charge in [0.1, 0.15) is 21.1 Å². The van der Waals surface area contributed by atoms with Gasteiger partial charge >= 0.3 is 6.18 Å². The number of pyridine rings is 1. The molecule has 0 aliphatic carbocycles. The Morgan fingerprint density at radius 3 is 2.42 bits per heavy atom. The lowest BCUT2D eigenvalue weighted by Crippen LogP contribution is -2.19. The molecule has 4 aromatic rings. The number of hydrogen-bond donors (Lipinski definition) is 2. The number of aromatic nitrogens is 3. The van der Waals surface area contributed by atoms with Gasteiger partial charge in [-0.1, -0.05) is 41.9 Å². The van der Waals surface area contributed by atoms with E-state index in [0.717, 1.165) is 6.07 Å². The number of nitrogens with one attached hydrogen (secondary N) is 1. The van der Waals surface area contributed by atoms with Crippen LogP contribution in [0.3, 0.4) is 0 Å². The predicted octanol–water partition coefficient (Wildman–Crippen LogP) is 5.03. The largest absolute Gasteiger partial charge is 0.433 e. The monoisotopic (exact) mass is 493 g/mol. The van der Waals surface area contributed by atoms with Crippen molar-refractivity contribution >= 4 is 50.7 Å². The van der Waals surface area contributed by atoms with Crippen molar-refractivity contribution in [3.05, 3.63) is 63.4 Å². The zero-order chi connectivity index (χ0) is 24.1. The van der Waals surface area contributed by atoms with Crippen molar-refractivity contribution in [3.8, 4) is 11.1 Å². The number of halogens is 4. The Kier molecular flexibility index (Phi) is 5.62. The van der Waals surface area contributed by atoms with Crippen molar-refractivity contribution in [2.45, 2.75) is 13.1 Å². The molecule has 0 radical (unpaired) electrons. The van der Waals surface area contributed by atoms with Crippen LogP contribution < -0.4 is 11.1 Å². The third kappa shape index (κ3) is 4.05. The van der Waals surface area contributed by atoms with Crippen molar-refractivity contribution in [3.63, 3.8) is 0 Å². The van der Waals surface area contributed by atoms with Crippen LogP contribution in [0.5, 0.6) is 0 Å². The molecule has 0 fully saturated rings. The van der Waals surface area contributed by atoms with Gasteiger partial charge in [-0.25, -0.2) is 4.98 Å². The number of thiophene rings is 1. The van der Waals surface area contributed by atoms with E-state index < -0.39 is 23.7 Å². The van der Waals surface area contributed by atoms with Gasteiger partial charge in [0.25, 0.3) is 11.8 Å². The maximum Gasteiger partial charge on any atom is 0.433 e. The number of hydrogen-bond acceptors (Lipinski definition) is 5. The second-order valence-corrected chi connectivity index (χ2v) is 8.47. The molecule has 170 valence electrons. The molecule has 0 saturated heterocycles. The first-order valence-electron chi connectivity index (χ1n) is 9.39. The normalized spacial score (nSPS) is 11.7. The van der Waals surface area contributed by atoms with E-state index in [1.54, 1.807) is 37.3 Å². The maximum absolute atomic E-state index is 13.6. The number of fused-ring (bicyclic) bond motifs is 1. The molecular formula is C21H15ClF3N5O2S. The second-order valence-electron chi connectivity index (χ2n) is 7.10. The lowest BCUT2D eigenvalue weighted by Gasteiger charge is -2.12. The zero-order valence-corrected chi connectivity index (χ0v) is 18.7. The quantitative estimate of drug-likeness (QED) is 0.416. The molecule has 0 aliphatic heterocycles. The van der Waals surface area contributed by atoms with E-state index in [1.165, 1.54) is 11.7 Å². The summed E-state index contributed by atoms with van der Waals surface area (Å²) in [7, 11) is 1.51. The molecule has 0 bridgehead atoms. The van der Waals surface area contributed by atoms with Crippen LogP contribution in [0, 0.1) is 6.92 Å². The number of rotatable bonds is 4. The van der Waals surface area contributed by atoms with Gasteiger partial charge in [0, 0.05) is 12.4 Å². The van der Waals surface area contributed by atoms with Gasteiger partial charge in [0.05, 0.1) is 16.4 Å². The van der Waals surface area contributed by atoms with Crippen LogP contribution in [0.2, 0.25) is 5.02 Å². The van der Waals surface area contributed by atoms with Crippen LogP contribution in [0.25, 0.3) is 21.3 Å². The second kappa shape index (κ2) is 8.16. The van der Waals surface area contributed by atoms with Crippen LogP contribution in [0.4, 0.5) is 18.9 Å². The predicted molar refractivity (Wildman–Crippen MR) is 119 cm³/mol. The van der Waals surface area contributed by atoms with Crippen LogP contribution in [0.15, 0.2) is 36.4 Å². The molecule has 33 heavy (non-hydrogen) atoms. The van der Waals surface area contributed by atoms with Crippen molar-refractivity contribution < 1.29 is 22.8 Å². The van der Waals surface area contributed by atoms with Gasteiger partial charge in [0.15, 0.2) is 0 Å². The summed E-state index contributed by atoms with van der Waals surface area (Å²) >= 11 is 6.86. The molecule has 0 aliphatic rings. The maximum atomic E-state index is 13.6. The summed E-state index contributed by atoms with van der Waals surface area (Å²) in [6.45, 7) is 1.62. The summed E-state index contributed by atoms with van der Waals surface area (Å²) in [5.41, 5.74) is 5.34. The average molecular weight is 494 g/mol. The SMILES string of the molecule is Cc1nn(C)c(C(=O)Nc2c(C(N)=O)sc3nc(C(F)(F)F)cc(-c4ccccc4)c23)c1Cl. The third-order valence-corrected chi connectivity index (χ3v) is 6.41. The summed E-state index contributed by atoms with van der Waals surface area (Å²) in [6, 6.07) is 9.14. The molecule has 1 aromatic carbocycles. The van der Waals surface area contributed by atoms with Crippen LogP contribution in [-0.2, 0) is 13.2 Å². The van der Waals surface area contributed by atoms with E-state index in [1.807, 2.05) is 0 Å². The molecule has 0 saturated carbocycles. The minimum absolute atomic E-state index is 0.0186. The molecule has 12 heteroatoms. The van der Waals surface area contributed by atoms with E-state index >= 15 is 0 Å². The Morgan fingerprint density at radius 2 is 1.88 bits per heavy atom. The highest BCUT2D eigenvalue weighted by Crippen LogP contribution is 2.43. The van der Waals surface area contributed by atoms with Crippen LogP contribution >= 0.6 is 22.9 Å². The molecule has 7 nitrogen and oxygen atoms in total. The van der Waals surface area contributed by atoms with Gasteiger partial charge in [-0.3, -0.25) is 14.3 Å². The molecule has 2 amide bonds. The molecule has 3 heterocycles. The van der Waals surface area contributed by atoms with E-state index in [0.29, 0.717) is 22.6 Å². The number of primary amides is 1. The Hall–Kier alpha value is -3.44. The number of anilines is 1. The number of amides is 2. The van der Waals surface area contributed by atoms with Crippen LogP contribution in [0.1, 0.15) is 31.5 Å².